The summed E-state index contributed by atoms with van der Waals surface area (Å²) in [6.07, 6.45) is 34.5. The zero-order chi connectivity index (χ0) is 56.6. The van der Waals surface area contributed by atoms with E-state index in [1.165, 1.54) is 51.4 Å². The lowest BCUT2D eigenvalue weighted by molar-refractivity contribution is -0.167. The Hall–Kier alpha value is -1.52. The molecule has 450 valence electrons. The van der Waals surface area contributed by atoms with Crippen LogP contribution in [0.15, 0.2) is 12.2 Å². The maximum atomic E-state index is 12.9. The van der Waals surface area contributed by atoms with Crippen LogP contribution >= 0.6 is 23.5 Å². The fourth-order valence-corrected chi connectivity index (χ4v) is 10.9. The van der Waals surface area contributed by atoms with Gasteiger partial charge in [-0.2, -0.15) is 0 Å². The lowest BCUT2D eigenvalue weighted by Crippen LogP contribution is -2.30. The van der Waals surface area contributed by atoms with E-state index in [1.807, 2.05) is 6.92 Å². The van der Waals surface area contributed by atoms with Gasteiger partial charge in [-0.25, -0.2) is 13.7 Å². The molecule has 0 heterocycles. The van der Waals surface area contributed by atoms with E-state index in [0.29, 0.717) is 77.0 Å². The third-order valence-electron chi connectivity index (χ3n) is 13.3. The molecule has 0 aliphatic heterocycles. The van der Waals surface area contributed by atoms with Gasteiger partial charge >= 0.3 is 41.4 Å². The fraction of sp³-hybridized carbons (Fsp3) is 0.909. The van der Waals surface area contributed by atoms with E-state index in [0.717, 1.165) is 109 Å². The number of carbonyl (C=O) groups is 3. The highest BCUT2D eigenvalue weighted by Crippen LogP contribution is 2.42. The molecule has 4 unspecified atom stereocenters. The Balaban J connectivity index is 4.96. The molecule has 21 heteroatoms. The lowest BCUT2D eigenvalue weighted by atomic mass is 10.0. The molecule has 0 aromatic heterocycles. The van der Waals surface area contributed by atoms with E-state index in [1.54, 1.807) is 0 Å². The van der Waals surface area contributed by atoms with Crippen LogP contribution < -0.4 is 0 Å². The van der Waals surface area contributed by atoms with Crippen molar-refractivity contribution in [2.75, 3.05) is 13.2 Å². The van der Waals surface area contributed by atoms with Gasteiger partial charge in [-0.15, -0.1) is 0 Å². The molecule has 0 aromatic carbocycles. The van der Waals surface area contributed by atoms with Crippen molar-refractivity contribution in [1.29, 1.82) is 0 Å². The summed E-state index contributed by atoms with van der Waals surface area (Å²) in [4.78, 5) is 94.9. The molecule has 18 nitrogen and oxygen atoms in total. The fourth-order valence-electron chi connectivity index (χ4n) is 9.06. The second kappa shape index (κ2) is 49.3. The summed E-state index contributed by atoms with van der Waals surface area (Å²) in [5, 5.41) is 0. The van der Waals surface area contributed by atoms with Crippen molar-refractivity contribution >= 4 is 41.4 Å². The van der Waals surface area contributed by atoms with Crippen molar-refractivity contribution in [2.45, 2.75) is 308 Å². The van der Waals surface area contributed by atoms with Crippen molar-refractivity contribution in [3.8, 4) is 0 Å². The number of unbranched alkanes of at least 4 members (excludes halogenated alkanes) is 25. The topological polar surface area (TPSA) is 279 Å². The molecule has 0 radical (unpaired) electrons. The number of carbonyl (C=O) groups excluding carboxylic acids is 3. The zero-order valence-electron chi connectivity index (χ0n) is 47.3. The number of phosphoric acid groups is 3. The van der Waals surface area contributed by atoms with Crippen LogP contribution in [0.5, 0.6) is 0 Å². The Bertz CT molecular complexity index is 1580. The van der Waals surface area contributed by atoms with Crippen LogP contribution in [0.4, 0.5) is 0 Å². The van der Waals surface area contributed by atoms with Gasteiger partial charge in [0.05, 0.1) is 18.3 Å². The Kier molecular flexibility index (Phi) is 48.3. The molecule has 0 fully saturated rings. The first-order valence-electron chi connectivity index (χ1n) is 29.6. The average Bonchev–Trinajstić information content (AvgIpc) is 3.33. The van der Waals surface area contributed by atoms with Crippen LogP contribution in [0.25, 0.3) is 0 Å². The number of hydrogen-bond acceptors (Lipinski definition) is 12. The minimum Gasteiger partial charge on any atom is -0.462 e. The number of allylic oxidation sites excluding steroid dienone is 2. The van der Waals surface area contributed by atoms with E-state index in [9.17, 15) is 57.4 Å². The van der Waals surface area contributed by atoms with Gasteiger partial charge in [0, 0.05) is 19.3 Å². The van der Waals surface area contributed by atoms with Crippen LogP contribution in [-0.4, -0.2) is 84.9 Å². The lowest BCUT2D eigenvalue weighted by Gasteiger charge is -2.21. The first-order valence-corrected chi connectivity index (χ1v) is 34.2. The molecule has 0 spiro atoms. The summed E-state index contributed by atoms with van der Waals surface area (Å²) in [6, 6.07) is 0. The summed E-state index contributed by atoms with van der Waals surface area (Å²) in [5.74, 6) is -1.39. The van der Waals surface area contributed by atoms with Crippen LogP contribution in [-0.2, 0) is 55.9 Å². The minimum absolute atomic E-state index is 0.117. The third-order valence-corrected chi connectivity index (χ3v) is 15.0. The summed E-state index contributed by atoms with van der Waals surface area (Å²) < 4.78 is 66.4. The first kappa shape index (κ1) is 74.5. The molecule has 0 saturated heterocycles. The summed E-state index contributed by atoms with van der Waals surface area (Å²) in [5.41, 5.74) is 0. The molecule has 0 rings (SSSR count). The van der Waals surface area contributed by atoms with Gasteiger partial charge < -0.3 is 43.6 Å². The predicted molar refractivity (Wildman–Crippen MR) is 298 cm³/mol. The predicted octanol–water partition coefficient (Wildman–Crippen LogP) is 15.0. The molecule has 0 aromatic rings. The van der Waals surface area contributed by atoms with E-state index in [4.69, 9.17) is 27.8 Å². The number of phosphoric ester groups is 3. The Labute approximate surface area is 458 Å². The monoisotopic (exact) mass is 1150 g/mol. The van der Waals surface area contributed by atoms with Gasteiger partial charge in [0.25, 0.3) is 0 Å². The molecule has 0 aliphatic carbocycles. The maximum Gasteiger partial charge on any atom is 0.469 e. The molecule has 4 atom stereocenters. The average molecular weight is 1150 g/mol. The first-order chi connectivity index (χ1) is 36.3. The molecule has 0 aliphatic rings. The van der Waals surface area contributed by atoms with Crippen molar-refractivity contribution in [3.05, 3.63) is 12.2 Å². The van der Waals surface area contributed by atoms with Gasteiger partial charge in [0.2, 0.25) is 0 Å². The molecule has 6 N–H and O–H groups in total. The Morgan fingerprint density at radius 2 is 0.605 bits per heavy atom. The molecule has 76 heavy (non-hydrogen) atoms. The number of hydrogen-bond donors (Lipinski definition) is 6. The number of rotatable bonds is 56. The van der Waals surface area contributed by atoms with Crippen molar-refractivity contribution in [3.63, 3.8) is 0 Å². The van der Waals surface area contributed by atoms with Crippen LogP contribution in [0.3, 0.4) is 0 Å². The Morgan fingerprint density at radius 3 is 0.961 bits per heavy atom. The van der Waals surface area contributed by atoms with Crippen LogP contribution in [0.1, 0.15) is 284 Å². The molecular weight excluding hydrogens is 1040 g/mol. The maximum absolute atomic E-state index is 12.9. The number of ether oxygens (including phenoxy) is 3. The van der Waals surface area contributed by atoms with Gasteiger partial charge in [-0.05, 0) is 89.9 Å². The Morgan fingerprint density at radius 1 is 0.342 bits per heavy atom. The molecule has 0 saturated carbocycles. The number of esters is 3. The normalized spacial score (nSPS) is 14.0. The van der Waals surface area contributed by atoms with Gasteiger partial charge in [0.15, 0.2) is 6.10 Å². The largest absolute Gasteiger partial charge is 0.469 e. The van der Waals surface area contributed by atoms with E-state index < -0.39 is 65.8 Å². The standard InChI is InChI=1S/C55H107O18P3/c1-4-7-10-12-14-15-16-17-18-19-21-27-36-46-55(58)70-52(47-68-53(56)44-34-28-22-25-32-40-49(71-74(59,60)61)39-31-24-20-13-11-8-5-2)48-69-54(57)45-35-29-23-26-33-41-51(73-76(65,66)67)43-37-42-50(38-30-9-6-3)72-75(62,63)64/h15-16,49-52H,4-14,17-48H2,1-3H3,(H2,59,60,61)(H2,62,63,64)(H2,65,66,67)/b16-15+. The second-order valence-electron chi connectivity index (χ2n) is 20.7. The smallest absolute Gasteiger partial charge is 0.462 e. The SMILES string of the molecule is CCCCCC/C=C/CCCCCCCC(=O)OC(COC(=O)CCCCCCCC(CCCCCCCCC)OP(=O)(O)O)COC(=O)CCCCCCCC(CCCC(CCCCC)OP(=O)(O)O)OP(=O)(O)O. The highest BCUT2D eigenvalue weighted by molar-refractivity contribution is 7.46. The van der Waals surface area contributed by atoms with Crippen molar-refractivity contribution in [2.24, 2.45) is 0 Å². The summed E-state index contributed by atoms with van der Waals surface area (Å²) in [7, 11) is -14.0. The van der Waals surface area contributed by atoms with Crippen molar-refractivity contribution in [1.82, 2.24) is 0 Å². The van der Waals surface area contributed by atoms with Gasteiger partial charge in [-0.1, -0.05) is 187 Å². The molecule has 0 bridgehead atoms. The van der Waals surface area contributed by atoms with Gasteiger partial charge in [0.1, 0.15) is 13.2 Å². The van der Waals surface area contributed by atoms with Crippen LogP contribution in [0.2, 0.25) is 0 Å². The minimum atomic E-state index is -4.77. The molecule has 0 amide bonds. The highest BCUT2D eigenvalue weighted by Gasteiger charge is 2.26. The summed E-state index contributed by atoms with van der Waals surface area (Å²) in [6.45, 7) is 5.89. The van der Waals surface area contributed by atoms with E-state index in [2.05, 4.69) is 26.0 Å². The van der Waals surface area contributed by atoms with E-state index in [-0.39, 0.29) is 38.9 Å². The third kappa shape index (κ3) is 54.4. The summed E-state index contributed by atoms with van der Waals surface area (Å²) >= 11 is 0. The second-order valence-corrected chi connectivity index (χ2v) is 24.3. The highest BCUT2D eigenvalue weighted by atomic mass is 31.2. The quantitative estimate of drug-likeness (QED) is 0.0109. The van der Waals surface area contributed by atoms with Crippen LogP contribution in [0, 0.1) is 0 Å². The van der Waals surface area contributed by atoms with E-state index >= 15 is 0 Å². The van der Waals surface area contributed by atoms with Gasteiger partial charge in [-0.3, -0.25) is 28.0 Å². The van der Waals surface area contributed by atoms with Crippen molar-refractivity contribution < 1.29 is 85.2 Å². The molecular formula is C55H107O18P3. The zero-order valence-corrected chi connectivity index (χ0v) is 50.0.